The lowest BCUT2D eigenvalue weighted by atomic mass is 9.85. The minimum absolute atomic E-state index is 0.0399. The van der Waals surface area contributed by atoms with Gasteiger partial charge in [0, 0.05) is 13.2 Å². The second-order valence-corrected chi connectivity index (χ2v) is 4.47. The minimum Gasteiger partial charge on any atom is -0.379 e. The van der Waals surface area contributed by atoms with Crippen LogP contribution in [0.15, 0.2) is 0 Å². The lowest BCUT2D eigenvalue weighted by molar-refractivity contribution is -0.126. The van der Waals surface area contributed by atoms with Gasteiger partial charge in [0.15, 0.2) is 0 Å². The summed E-state index contributed by atoms with van der Waals surface area (Å²) in [5.74, 6) is 0.645. The molecule has 1 amide bonds. The van der Waals surface area contributed by atoms with Crippen LogP contribution in [0.1, 0.15) is 25.7 Å². The molecule has 4 heteroatoms. The molecule has 0 bridgehead atoms. The highest BCUT2D eigenvalue weighted by Crippen LogP contribution is 2.25. The van der Waals surface area contributed by atoms with Gasteiger partial charge in [0.1, 0.15) is 5.54 Å². The zero-order chi connectivity index (χ0) is 10.0. The van der Waals surface area contributed by atoms with E-state index in [0.717, 1.165) is 6.54 Å². The first kappa shape index (κ1) is 9.93. The summed E-state index contributed by atoms with van der Waals surface area (Å²) in [5, 5.41) is 2.92. The normalized spacial score (nSPS) is 32.6. The van der Waals surface area contributed by atoms with E-state index >= 15 is 0 Å². The molecular weight excluding hydrogens is 180 g/mol. The largest absolute Gasteiger partial charge is 0.379 e. The van der Waals surface area contributed by atoms with Crippen molar-refractivity contribution in [1.82, 2.24) is 5.32 Å². The third-order valence-corrected chi connectivity index (χ3v) is 3.28. The van der Waals surface area contributed by atoms with Crippen LogP contribution in [-0.2, 0) is 9.53 Å². The standard InChI is InChI=1S/C10H18N2O2/c11-10(4-5-14-7-10)9(13)12-6-8-2-1-3-8/h8H,1-7,11H2,(H,12,13). The summed E-state index contributed by atoms with van der Waals surface area (Å²) in [7, 11) is 0. The van der Waals surface area contributed by atoms with Gasteiger partial charge in [-0.3, -0.25) is 4.79 Å². The van der Waals surface area contributed by atoms with Crippen molar-refractivity contribution in [3.8, 4) is 0 Å². The van der Waals surface area contributed by atoms with Crippen LogP contribution in [0.5, 0.6) is 0 Å². The summed E-state index contributed by atoms with van der Waals surface area (Å²) >= 11 is 0. The average Bonchev–Trinajstić information content (AvgIpc) is 2.50. The molecule has 1 aliphatic carbocycles. The topological polar surface area (TPSA) is 64.4 Å². The van der Waals surface area contributed by atoms with E-state index in [1.807, 2.05) is 0 Å². The number of hydrogen-bond acceptors (Lipinski definition) is 3. The quantitative estimate of drug-likeness (QED) is 0.672. The number of rotatable bonds is 3. The Bertz CT molecular complexity index is 220. The van der Waals surface area contributed by atoms with Gasteiger partial charge in [-0.1, -0.05) is 6.42 Å². The number of ether oxygens (including phenoxy) is 1. The average molecular weight is 198 g/mol. The summed E-state index contributed by atoms with van der Waals surface area (Å²) in [4.78, 5) is 11.7. The van der Waals surface area contributed by atoms with Crippen LogP contribution in [0.25, 0.3) is 0 Å². The zero-order valence-corrected chi connectivity index (χ0v) is 8.42. The molecule has 2 aliphatic rings. The molecule has 0 aromatic rings. The van der Waals surface area contributed by atoms with Crippen molar-refractivity contribution < 1.29 is 9.53 Å². The number of hydrogen-bond donors (Lipinski definition) is 2. The molecule has 2 fully saturated rings. The Labute approximate surface area is 84.2 Å². The van der Waals surface area contributed by atoms with E-state index in [9.17, 15) is 4.79 Å². The third-order valence-electron chi connectivity index (χ3n) is 3.28. The molecule has 1 heterocycles. The van der Waals surface area contributed by atoms with Gasteiger partial charge in [-0.2, -0.15) is 0 Å². The number of amides is 1. The predicted molar refractivity (Wildman–Crippen MR) is 52.7 cm³/mol. The van der Waals surface area contributed by atoms with E-state index < -0.39 is 5.54 Å². The third kappa shape index (κ3) is 1.91. The van der Waals surface area contributed by atoms with Crippen LogP contribution < -0.4 is 11.1 Å². The molecule has 3 N–H and O–H groups in total. The molecule has 0 radical (unpaired) electrons. The van der Waals surface area contributed by atoms with Crippen molar-refractivity contribution >= 4 is 5.91 Å². The number of nitrogens with one attached hydrogen (secondary N) is 1. The molecule has 14 heavy (non-hydrogen) atoms. The van der Waals surface area contributed by atoms with Gasteiger partial charge in [0.25, 0.3) is 0 Å². The Morgan fingerprint density at radius 1 is 1.57 bits per heavy atom. The van der Waals surface area contributed by atoms with Crippen molar-refractivity contribution in [2.24, 2.45) is 11.7 Å². The summed E-state index contributed by atoms with van der Waals surface area (Å²) < 4.78 is 5.14. The lowest BCUT2D eigenvalue weighted by Crippen LogP contribution is -2.55. The number of carbonyl (C=O) groups is 1. The number of carbonyl (C=O) groups excluding carboxylic acids is 1. The molecular formula is C10H18N2O2. The molecule has 0 aromatic heterocycles. The first-order chi connectivity index (χ1) is 6.71. The highest BCUT2D eigenvalue weighted by atomic mass is 16.5. The van der Waals surface area contributed by atoms with Crippen molar-refractivity contribution in [3.05, 3.63) is 0 Å². The zero-order valence-electron chi connectivity index (χ0n) is 8.42. The van der Waals surface area contributed by atoms with Crippen LogP contribution >= 0.6 is 0 Å². The predicted octanol–water partition coefficient (Wildman–Crippen LogP) is 0.0205. The molecule has 4 nitrogen and oxygen atoms in total. The van der Waals surface area contributed by atoms with E-state index in [1.54, 1.807) is 0 Å². The maximum absolute atomic E-state index is 11.7. The van der Waals surface area contributed by atoms with Gasteiger partial charge in [0.05, 0.1) is 6.61 Å². The van der Waals surface area contributed by atoms with E-state index in [4.69, 9.17) is 10.5 Å². The highest BCUT2D eigenvalue weighted by molar-refractivity contribution is 5.86. The maximum Gasteiger partial charge on any atom is 0.242 e. The summed E-state index contributed by atoms with van der Waals surface area (Å²) in [6.07, 6.45) is 4.43. The van der Waals surface area contributed by atoms with Crippen LogP contribution in [-0.4, -0.2) is 31.2 Å². The van der Waals surface area contributed by atoms with Crippen molar-refractivity contribution in [1.29, 1.82) is 0 Å². The van der Waals surface area contributed by atoms with E-state index in [1.165, 1.54) is 19.3 Å². The Morgan fingerprint density at radius 2 is 2.36 bits per heavy atom. The summed E-state index contributed by atoms with van der Waals surface area (Å²) in [6, 6.07) is 0. The van der Waals surface area contributed by atoms with E-state index in [-0.39, 0.29) is 5.91 Å². The van der Waals surface area contributed by atoms with Gasteiger partial charge in [-0.05, 0) is 25.2 Å². The van der Waals surface area contributed by atoms with Gasteiger partial charge in [0.2, 0.25) is 5.91 Å². The lowest BCUT2D eigenvalue weighted by Gasteiger charge is -2.28. The van der Waals surface area contributed by atoms with Crippen LogP contribution in [0.2, 0.25) is 0 Å². The first-order valence-corrected chi connectivity index (χ1v) is 5.36. The molecule has 1 saturated heterocycles. The Hall–Kier alpha value is -0.610. The molecule has 1 saturated carbocycles. The Kier molecular flexibility index (Phi) is 2.74. The number of nitrogens with two attached hydrogens (primary N) is 1. The second-order valence-electron chi connectivity index (χ2n) is 4.47. The molecule has 2 rings (SSSR count). The highest BCUT2D eigenvalue weighted by Gasteiger charge is 2.38. The Morgan fingerprint density at radius 3 is 2.86 bits per heavy atom. The fourth-order valence-electron chi connectivity index (χ4n) is 1.87. The van der Waals surface area contributed by atoms with Crippen LogP contribution in [0, 0.1) is 5.92 Å². The molecule has 1 aliphatic heterocycles. The SMILES string of the molecule is NC1(C(=O)NCC2CCC2)CCOC1. The van der Waals surface area contributed by atoms with Crippen LogP contribution in [0.4, 0.5) is 0 Å². The molecule has 1 atom stereocenters. The van der Waals surface area contributed by atoms with Gasteiger partial charge in [-0.25, -0.2) is 0 Å². The summed E-state index contributed by atoms with van der Waals surface area (Å²) in [5.41, 5.74) is 5.15. The summed E-state index contributed by atoms with van der Waals surface area (Å²) in [6.45, 7) is 1.76. The van der Waals surface area contributed by atoms with E-state index in [2.05, 4.69) is 5.32 Å². The second kappa shape index (κ2) is 3.87. The fraction of sp³-hybridized carbons (Fsp3) is 0.900. The van der Waals surface area contributed by atoms with Gasteiger partial charge < -0.3 is 15.8 Å². The monoisotopic (exact) mass is 198 g/mol. The Balaban J connectivity index is 1.76. The van der Waals surface area contributed by atoms with Crippen molar-refractivity contribution in [2.75, 3.05) is 19.8 Å². The smallest absolute Gasteiger partial charge is 0.242 e. The van der Waals surface area contributed by atoms with Gasteiger partial charge in [-0.15, -0.1) is 0 Å². The first-order valence-electron chi connectivity index (χ1n) is 5.36. The van der Waals surface area contributed by atoms with Crippen molar-refractivity contribution in [2.45, 2.75) is 31.2 Å². The van der Waals surface area contributed by atoms with E-state index in [0.29, 0.717) is 25.6 Å². The van der Waals surface area contributed by atoms with Crippen molar-refractivity contribution in [3.63, 3.8) is 0 Å². The van der Waals surface area contributed by atoms with Crippen LogP contribution in [0.3, 0.4) is 0 Å². The minimum atomic E-state index is -0.760. The molecule has 1 unspecified atom stereocenters. The molecule has 80 valence electrons. The fourth-order valence-corrected chi connectivity index (χ4v) is 1.87. The molecule has 0 spiro atoms. The molecule has 0 aromatic carbocycles. The maximum atomic E-state index is 11.7. The van der Waals surface area contributed by atoms with Gasteiger partial charge >= 0.3 is 0 Å².